The topological polar surface area (TPSA) is 72.2 Å². The minimum absolute atomic E-state index is 0.0466. The summed E-state index contributed by atoms with van der Waals surface area (Å²) in [4.78, 5) is 29.4. The van der Waals surface area contributed by atoms with Gasteiger partial charge in [-0.05, 0) is 46.9 Å². The van der Waals surface area contributed by atoms with E-state index in [-0.39, 0.29) is 11.0 Å². The predicted molar refractivity (Wildman–Crippen MR) is 111 cm³/mol. The molecule has 0 saturated heterocycles. The van der Waals surface area contributed by atoms with Gasteiger partial charge in [-0.2, -0.15) is 0 Å². The molecule has 0 aliphatic carbocycles. The zero-order valence-electron chi connectivity index (χ0n) is 13.2. The van der Waals surface area contributed by atoms with Crippen LogP contribution in [0.2, 0.25) is 0 Å². The van der Waals surface area contributed by atoms with Crippen LogP contribution in [0.3, 0.4) is 0 Å². The molecule has 0 aliphatic heterocycles. The zero-order chi connectivity index (χ0) is 18.1. The second-order valence-electron chi connectivity index (χ2n) is 5.47. The van der Waals surface area contributed by atoms with Gasteiger partial charge in [-0.3, -0.25) is 14.9 Å². The summed E-state index contributed by atoms with van der Waals surface area (Å²) in [6, 6.07) is 14.8. The number of hydrogen-bond acceptors (Lipinski definition) is 5. The van der Waals surface area contributed by atoms with Crippen LogP contribution in [0, 0.1) is 3.57 Å². The van der Waals surface area contributed by atoms with Gasteiger partial charge < -0.3 is 4.42 Å². The SMILES string of the molecule is O=C(Nc1nc(-c2ccc(I)cc2)cs1)c1coc2ccccc2c1=O. The molecule has 0 saturated carbocycles. The van der Waals surface area contributed by atoms with Crippen LogP contribution in [0.25, 0.3) is 22.2 Å². The highest BCUT2D eigenvalue weighted by Crippen LogP contribution is 2.25. The molecule has 0 aliphatic rings. The van der Waals surface area contributed by atoms with Gasteiger partial charge in [0.25, 0.3) is 5.91 Å². The number of aromatic nitrogens is 1. The molecule has 2 heterocycles. The summed E-state index contributed by atoms with van der Waals surface area (Å²) in [6.45, 7) is 0. The van der Waals surface area contributed by atoms with Crippen LogP contribution >= 0.6 is 33.9 Å². The Bertz CT molecular complexity index is 1170. The Morgan fingerprint density at radius 1 is 1.12 bits per heavy atom. The van der Waals surface area contributed by atoms with Crippen molar-refractivity contribution < 1.29 is 9.21 Å². The van der Waals surface area contributed by atoms with Crippen LogP contribution in [0.15, 0.2) is 69.4 Å². The lowest BCUT2D eigenvalue weighted by molar-refractivity contribution is 0.102. The number of anilines is 1. The second-order valence-corrected chi connectivity index (χ2v) is 7.58. The number of nitrogens with one attached hydrogen (secondary N) is 1. The number of rotatable bonds is 3. The van der Waals surface area contributed by atoms with Gasteiger partial charge in [-0.1, -0.05) is 24.3 Å². The number of fused-ring (bicyclic) bond motifs is 1. The molecule has 0 fully saturated rings. The van der Waals surface area contributed by atoms with E-state index >= 15 is 0 Å². The lowest BCUT2D eigenvalue weighted by atomic mass is 10.1. The minimum Gasteiger partial charge on any atom is -0.463 e. The van der Waals surface area contributed by atoms with Crippen molar-refractivity contribution in [2.45, 2.75) is 0 Å². The monoisotopic (exact) mass is 474 g/mol. The highest BCUT2D eigenvalue weighted by atomic mass is 127. The Labute approximate surface area is 165 Å². The molecule has 0 atom stereocenters. The van der Waals surface area contributed by atoms with Crippen molar-refractivity contribution in [3.63, 3.8) is 0 Å². The largest absolute Gasteiger partial charge is 0.463 e. The summed E-state index contributed by atoms with van der Waals surface area (Å²) in [5, 5.41) is 5.33. The predicted octanol–water partition coefficient (Wildman–Crippen LogP) is 4.77. The maximum Gasteiger partial charge on any atom is 0.264 e. The summed E-state index contributed by atoms with van der Waals surface area (Å²) >= 11 is 3.54. The van der Waals surface area contributed by atoms with E-state index < -0.39 is 5.91 Å². The summed E-state index contributed by atoms with van der Waals surface area (Å²) in [5.74, 6) is -0.534. The van der Waals surface area contributed by atoms with Crippen LogP contribution in [-0.2, 0) is 0 Å². The smallest absolute Gasteiger partial charge is 0.264 e. The van der Waals surface area contributed by atoms with E-state index in [0.29, 0.717) is 16.1 Å². The first kappa shape index (κ1) is 16.9. The first-order valence-electron chi connectivity index (χ1n) is 7.65. The van der Waals surface area contributed by atoms with Crippen LogP contribution in [-0.4, -0.2) is 10.9 Å². The number of halogens is 1. The zero-order valence-corrected chi connectivity index (χ0v) is 16.2. The standard InChI is InChI=1S/C19H11IN2O3S/c20-12-7-5-11(6-8-12)15-10-26-19(21-15)22-18(24)14-9-25-16-4-2-1-3-13(16)17(14)23/h1-10H,(H,21,22,24). The number of thiazole rings is 1. The molecule has 4 rings (SSSR count). The quantitative estimate of drug-likeness (QED) is 0.434. The Kier molecular flexibility index (Phi) is 4.56. The number of carbonyl (C=O) groups is 1. The van der Waals surface area contributed by atoms with Gasteiger partial charge >= 0.3 is 0 Å². The van der Waals surface area contributed by atoms with E-state index in [4.69, 9.17) is 4.42 Å². The Morgan fingerprint density at radius 3 is 2.69 bits per heavy atom. The van der Waals surface area contributed by atoms with Gasteiger partial charge in [-0.15, -0.1) is 11.3 Å². The lowest BCUT2D eigenvalue weighted by Crippen LogP contribution is -2.21. The third kappa shape index (κ3) is 3.27. The van der Waals surface area contributed by atoms with Crippen molar-refractivity contribution >= 4 is 55.9 Å². The molecule has 26 heavy (non-hydrogen) atoms. The van der Waals surface area contributed by atoms with Gasteiger partial charge in [0, 0.05) is 14.5 Å². The molecule has 2 aromatic heterocycles. The second kappa shape index (κ2) is 7.00. The van der Waals surface area contributed by atoms with Crippen molar-refractivity contribution in [1.82, 2.24) is 4.98 Å². The first-order valence-corrected chi connectivity index (χ1v) is 9.61. The summed E-state index contributed by atoms with van der Waals surface area (Å²) < 4.78 is 6.53. The fraction of sp³-hybridized carbons (Fsp3) is 0. The van der Waals surface area contributed by atoms with Crippen molar-refractivity contribution in [1.29, 1.82) is 0 Å². The number of para-hydroxylation sites is 1. The molecule has 128 valence electrons. The molecule has 7 heteroatoms. The average Bonchev–Trinajstić information content (AvgIpc) is 3.11. The minimum atomic E-state index is -0.534. The van der Waals surface area contributed by atoms with Gasteiger partial charge in [0.2, 0.25) is 5.43 Å². The fourth-order valence-corrected chi connectivity index (χ4v) is 3.56. The summed E-state index contributed by atoms with van der Waals surface area (Å²) in [5.41, 5.74) is 1.78. The number of carbonyl (C=O) groups excluding carboxylic acids is 1. The molecule has 0 unspecified atom stereocenters. The molecule has 0 radical (unpaired) electrons. The van der Waals surface area contributed by atoms with E-state index in [2.05, 4.69) is 32.9 Å². The maximum absolute atomic E-state index is 12.5. The van der Waals surface area contributed by atoms with Crippen molar-refractivity contribution in [2.75, 3.05) is 5.32 Å². The molecular formula is C19H11IN2O3S. The molecule has 0 spiro atoms. The van der Waals surface area contributed by atoms with Gasteiger partial charge in [0.15, 0.2) is 5.13 Å². The van der Waals surface area contributed by atoms with E-state index in [1.165, 1.54) is 17.6 Å². The maximum atomic E-state index is 12.5. The van der Waals surface area contributed by atoms with Crippen LogP contribution in [0.5, 0.6) is 0 Å². The molecule has 1 amide bonds. The first-order chi connectivity index (χ1) is 12.6. The third-order valence-electron chi connectivity index (χ3n) is 3.79. The third-order valence-corrected chi connectivity index (χ3v) is 5.27. The Hall–Kier alpha value is -2.52. The highest BCUT2D eigenvalue weighted by molar-refractivity contribution is 14.1. The Balaban J connectivity index is 1.60. The van der Waals surface area contributed by atoms with Crippen LogP contribution in [0.1, 0.15) is 10.4 Å². The molecule has 2 aromatic carbocycles. The summed E-state index contributed by atoms with van der Waals surface area (Å²) in [7, 11) is 0. The van der Waals surface area contributed by atoms with Gasteiger partial charge in [0.05, 0.1) is 11.1 Å². The van der Waals surface area contributed by atoms with Crippen molar-refractivity contribution in [3.8, 4) is 11.3 Å². The molecular weight excluding hydrogens is 463 g/mol. The van der Waals surface area contributed by atoms with E-state index in [9.17, 15) is 9.59 Å². The number of benzene rings is 2. The van der Waals surface area contributed by atoms with E-state index in [1.807, 2.05) is 29.6 Å². The van der Waals surface area contributed by atoms with Gasteiger partial charge in [0.1, 0.15) is 17.4 Å². The number of amides is 1. The van der Waals surface area contributed by atoms with Crippen molar-refractivity contribution in [3.05, 3.63) is 79.5 Å². The number of nitrogens with zero attached hydrogens (tertiary/aromatic N) is 1. The summed E-state index contributed by atoms with van der Waals surface area (Å²) in [6.07, 6.45) is 1.19. The normalized spacial score (nSPS) is 10.8. The molecule has 1 N–H and O–H groups in total. The molecule has 4 aromatic rings. The number of hydrogen-bond donors (Lipinski definition) is 1. The Morgan fingerprint density at radius 2 is 1.88 bits per heavy atom. The van der Waals surface area contributed by atoms with Crippen LogP contribution < -0.4 is 10.7 Å². The lowest BCUT2D eigenvalue weighted by Gasteiger charge is -2.02. The average molecular weight is 474 g/mol. The highest BCUT2D eigenvalue weighted by Gasteiger charge is 2.16. The van der Waals surface area contributed by atoms with E-state index in [1.54, 1.807) is 24.3 Å². The molecule has 0 bridgehead atoms. The van der Waals surface area contributed by atoms with Crippen molar-refractivity contribution in [2.24, 2.45) is 0 Å². The van der Waals surface area contributed by atoms with Crippen LogP contribution in [0.4, 0.5) is 5.13 Å². The fourth-order valence-electron chi connectivity index (χ4n) is 2.48. The van der Waals surface area contributed by atoms with Gasteiger partial charge in [-0.25, -0.2) is 4.98 Å². The van der Waals surface area contributed by atoms with E-state index in [0.717, 1.165) is 14.8 Å². The molecule has 5 nitrogen and oxygen atoms in total.